The summed E-state index contributed by atoms with van der Waals surface area (Å²) >= 11 is 5.07. The summed E-state index contributed by atoms with van der Waals surface area (Å²) in [5.41, 5.74) is 6.13. The molecule has 108 valence electrons. The molecule has 2 heterocycles. The molecular weight excluding hydrogens is 278 g/mol. The molecule has 1 aliphatic rings. The van der Waals surface area contributed by atoms with E-state index in [9.17, 15) is 9.59 Å². The quantitative estimate of drug-likeness (QED) is 0.570. The number of anilines is 1. The maximum atomic E-state index is 12.0. The summed E-state index contributed by atoms with van der Waals surface area (Å²) in [4.78, 5) is 25.6. The van der Waals surface area contributed by atoms with E-state index in [0.717, 1.165) is 0 Å². The molecule has 0 unspecified atom stereocenters. The average molecular weight is 295 g/mol. The minimum absolute atomic E-state index is 0.0489. The van der Waals surface area contributed by atoms with Gasteiger partial charge in [0.15, 0.2) is 0 Å². The average Bonchev–Trinajstić information content (AvgIpc) is 2.59. The molecule has 0 radical (unpaired) electrons. The molecule has 0 aromatic carbocycles. The van der Waals surface area contributed by atoms with E-state index in [0.29, 0.717) is 17.1 Å². The van der Waals surface area contributed by atoms with Crippen LogP contribution in [0.4, 0.5) is 5.82 Å². The third-order valence-corrected chi connectivity index (χ3v) is 3.68. The number of nitrogens with one attached hydrogen (secondary N) is 1. The Balaban J connectivity index is 2.63. The van der Waals surface area contributed by atoms with Gasteiger partial charge in [0.1, 0.15) is 16.3 Å². The van der Waals surface area contributed by atoms with Gasteiger partial charge in [-0.05, 0) is 20.8 Å². The predicted molar refractivity (Wildman–Crippen MR) is 78.4 cm³/mol. The molecule has 0 spiro atoms. The van der Waals surface area contributed by atoms with Gasteiger partial charge in [-0.1, -0.05) is 12.2 Å². The number of rotatable bonds is 2. The molecule has 1 aliphatic heterocycles. The maximum Gasteiger partial charge on any atom is 0.251 e. The van der Waals surface area contributed by atoms with E-state index in [4.69, 9.17) is 18.0 Å². The predicted octanol–water partition coefficient (Wildman–Crippen LogP) is -0.396. The summed E-state index contributed by atoms with van der Waals surface area (Å²) in [6.07, 6.45) is 0. The third-order valence-electron chi connectivity index (χ3n) is 3.48. The highest BCUT2D eigenvalue weighted by molar-refractivity contribution is 7.80. The summed E-state index contributed by atoms with van der Waals surface area (Å²) in [5, 5.41) is 6.62. The van der Waals surface area contributed by atoms with Crippen molar-refractivity contribution in [2.45, 2.75) is 26.3 Å². The summed E-state index contributed by atoms with van der Waals surface area (Å²) in [6, 6.07) is 0. The lowest BCUT2D eigenvalue weighted by atomic mass is 9.98. The van der Waals surface area contributed by atoms with Gasteiger partial charge in [0.2, 0.25) is 5.91 Å². The van der Waals surface area contributed by atoms with Crippen LogP contribution in [0.15, 0.2) is 0 Å². The standard InChI is InChI=1S/C12H17N5O2S/c1-6-8(9(13)20)10(16(4)15-6)17-5-7(18)14-11(19)12(17,2)3/h5H2,1-4H3,(H2,13,20)(H,14,18,19). The number of hydrogen-bond acceptors (Lipinski definition) is 5. The number of aryl methyl sites for hydroxylation is 2. The number of amides is 2. The number of carbonyl (C=O) groups is 2. The summed E-state index contributed by atoms with van der Waals surface area (Å²) in [5.74, 6) is -0.133. The monoisotopic (exact) mass is 295 g/mol. The number of carbonyl (C=O) groups excluding carboxylic acids is 2. The number of nitrogens with zero attached hydrogens (tertiary/aromatic N) is 3. The van der Waals surface area contributed by atoms with Crippen LogP contribution in [0.3, 0.4) is 0 Å². The normalized spacial score (nSPS) is 18.1. The fourth-order valence-corrected chi connectivity index (χ4v) is 2.61. The molecular formula is C12H17N5O2S. The topological polar surface area (TPSA) is 93.2 Å². The second-order valence-electron chi connectivity index (χ2n) is 5.29. The van der Waals surface area contributed by atoms with E-state index in [-0.39, 0.29) is 23.3 Å². The van der Waals surface area contributed by atoms with Crippen molar-refractivity contribution in [3.63, 3.8) is 0 Å². The zero-order valence-corrected chi connectivity index (χ0v) is 12.7. The van der Waals surface area contributed by atoms with E-state index in [1.165, 1.54) is 0 Å². The van der Waals surface area contributed by atoms with Crippen molar-refractivity contribution in [2.75, 3.05) is 11.4 Å². The Morgan fingerprint density at radius 2 is 2.05 bits per heavy atom. The molecule has 1 aromatic rings. The van der Waals surface area contributed by atoms with Gasteiger partial charge in [-0.3, -0.25) is 19.6 Å². The molecule has 8 heteroatoms. The molecule has 1 saturated heterocycles. The van der Waals surface area contributed by atoms with Crippen molar-refractivity contribution < 1.29 is 9.59 Å². The molecule has 0 atom stereocenters. The van der Waals surface area contributed by atoms with Crippen LogP contribution in [0.2, 0.25) is 0 Å². The van der Waals surface area contributed by atoms with Crippen LogP contribution in [0.1, 0.15) is 25.1 Å². The molecule has 7 nitrogen and oxygen atoms in total. The van der Waals surface area contributed by atoms with Crippen LogP contribution < -0.4 is 16.0 Å². The Labute approximate surface area is 122 Å². The van der Waals surface area contributed by atoms with Gasteiger partial charge in [0, 0.05) is 7.05 Å². The van der Waals surface area contributed by atoms with Crippen LogP contribution in [0.5, 0.6) is 0 Å². The summed E-state index contributed by atoms with van der Waals surface area (Å²) < 4.78 is 1.59. The van der Waals surface area contributed by atoms with Gasteiger partial charge >= 0.3 is 0 Å². The number of hydrogen-bond donors (Lipinski definition) is 2. The fraction of sp³-hybridized carbons (Fsp3) is 0.500. The fourth-order valence-electron chi connectivity index (χ4n) is 2.37. The van der Waals surface area contributed by atoms with Crippen molar-refractivity contribution in [3.8, 4) is 0 Å². The van der Waals surface area contributed by atoms with E-state index in [1.54, 1.807) is 37.4 Å². The highest BCUT2D eigenvalue weighted by Gasteiger charge is 2.43. The van der Waals surface area contributed by atoms with Gasteiger partial charge in [0.05, 0.1) is 17.8 Å². The summed E-state index contributed by atoms with van der Waals surface area (Å²) in [6.45, 7) is 5.31. The van der Waals surface area contributed by atoms with Crippen molar-refractivity contribution >= 4 is 34.8 Å². The smallest absolute Gasteiger partial charge is 0.251 e. The third kappa shape index (κ3) is 2.05. The molecule has 2 rings (SSSR count). The van der Waals surface area contributed by atoms with Crippen LogP contribution in [0, 0.1) is 6.92 Å². The lowest BCUT2D eigenvalue weighted by Crippen LogP contribution is -2.65. The minimum Gasteiger partial charge on any atom is -0.389 e. The molecule has 0 saturated carbocycles. The second kappa shape index (κ2) is 4.55. The van der Waals surface area contributed by atoms with Gasteiger partial charge in [-0.25, -0.2) is 0 Å². The van der Waals surface area contributed by atoms with Gasteiger partial charge in [-0.2, -0.15) is 5.10 Å². The first-order valence-electron chi connectivity index (χ1n) is 6.11. The van der Waals surface area contributed by atoms with Crippen LogP contribution in [-0.2, 0) is 16.6 Å². The zero-order chi connectivity index (χ0) is 15.2. The van der Waals surface area contributed by atoms with E-state index >= 15 is 0 Å². The highest BCUT2D eigenvalue weighted by atomic mass is 32.1. The first-order chi connectivity index (χ1) is 9.16. The number of aromatic nitrogens is 2. The molecule has 20 heavy (non-hydrogen) atoms. The maximum absolute atomic E-state index is 12.0. The Hall–Kier alpha value is -1.96. The minimum atomic E-state index is -0.895. The molecule has 2 amide bonds. The van der Waals surface area contributed by atoms with E-state index in [1.807, 2.05) is 0 Å². The second-order valence-corrected chi connectivity index (χ2v) is 5.73. The SMILES string of the molecule is Cc1nn(C)c(N2CC(=O)NC(=O)C2(C)C)c1C(N)=S. The van der Waals surface area contributed by atoms with Gasteiger partial charge in [0.25, 0.3) is 5.91 Å². The van der Waals surface area contributed by atoms with Gasteiger partial charge < -0.3 is 10.6 Å². The van der Waals surface area contributed by atoms with Crippen LogP contribution in [0.25, 0.3) is 0 Å². The van der Waals surface area contributed by atoms with Crippen molar-refractivity contribution in [1.82, 2.24) is 15.1 Å². The zero-order valence-electron chi connectivity index (χ0n) is 11.9. The number of nitrogens with two attached hydrogens (primary N) is 1. The molecule has 1 aromatic heterocycles. The van der Waals surface area contributed by atoms with Crippen molar-refractivity contribution in [2.24, 2.45) is 12.8 Å². The lowest BCUT2D eigenvalue weighted by Gasteiger charge is -2.41. The Morgan fingerprint density at radius 1 is 1.45 bits per heavy atom. The molecule has 0 bridgehead atoms. The largest absolute Gasteiger partial charge is 0.389 e. The van der Waals surface area contributed by atoms with E-state index in [2.05, 4.69) is 10.4 Å². The Kier molecular flexibility index (Phi) is 3.29. The molecule has 3 N–H and O–H groups in total. The van der Waals surface area contributed by atoms with E-state index < -0.39 is 5.54 Å². The number of thiocarbonyl (C=S) groups is 1. The van der Waals surface area contributed by atoms with Gasteiger partial charge in [-0.15, -0.1) is 0 Å². The van der Waals surface area contributed by atoms with Crippen molar-refractivity contribution in [3.05, 3.63) is 11.3 Å². The first kappa shape index (κ1) is 14.4. The number of piperazine rings is 1. The first-order valence-corrected chi connectivity index (χ1v) is 6.52. The lowest BCUT2D eigenvalue weighted by molar-refractivity contribution is -0.135. The van der Waals surface area contributed by atoms with Crippen molar-refractivity contribution in [1.29, 1.82) is 0 Å². The highest BCUT2D eigenvalue weighted by Crippen LogP contribution is 2.30. The van der Waals surface area contributed by atoms with Crippen LogP contribution >= 0.6 is 12.2 Å². The Morgan fingerprint density at radius 3 is 2.60 bits per heavy atom. The van der Waals surface area contributed by atoms with Crippen LogP contribution in [-0.4, -0.2) is 38.7 Å². The summed E-state index contributed by atoms with van der Waals surface area (Å²) in [7, 11) is 1.73. The Bertz CT molecular complexity index is 620. The number of imide groups is 1. The molecule has 1 fully saturated rings. The molecule has 0 aliphatic carbocycles.